The van der Waals surface area contributed by atoms with Gasteiger partial charge in [0.1, 0.15) is 0 Å². The summed E-state index contributed by atoms with van der Waals surface area (Å²) in [5.41, 5.74) is 1.81. The summed E-state index contributed by atoms with van der Waals surface area (Å²) < 4.78 is 2.88. The van der Waals surface area contributed by atoms with E-state index in [9.17, 15) is 14.4 Å². The zero-order chi connectivity index (χ0) is 20.5. The Kier molecular flexibility index (Phi) is 5.07. The molecule has 1 saturated heterocycles. The van der Waals surface area contributed by atoms with E-state index >= 15 is 0 Å². The van der Waals surface area contributed by atoms with E-state index in [4.69, 9.17) is 0 Å². The highest BCUT2D eigenvalue weighted by molar-refractivity contribution is 5.94. The van der Waals surface area contributed by atoms with Crippen LogP contribution in [0.3, 0.4) is 0 Å². The molecule has 150 valence electrons. The number of aromatic nitrogens is 2. The minimum absolute atomic E-state index is 0.0286. The second-order valence-electron chi connectivity index (χ2n) is 7.54. The van der Waals surface area contributed by atoms with Gasteiger partial charge in [-0.2, -0.15) is 0 Å². The van der Waals surface area contributed by atoms with Gasteiger partial charge >= 0.3 is 11.1 Å². The van der Waals surface area contributed by atoms with Crippen LogP contribution in [0.1, 0.15) is 15.9 Å². The number of rotatable bonds is 3. The predicted octanol–water partition coefficient (Wildman–Crippen LogP) is 1.14. The fraction of sp³-hybridized carbons (Fsp3) is 0.318. The van der Waals surface area contributed by atoms with Gasteiger partial charge in [0.05, 0.1) is 17.6 Å². The first-order valence-corrected chi connectivity index (χ1v) is 9.71. The molecule has 0 bridgehead atoms. The minimum atomic E-state index is -0.552. The summed E-state index contributed by atoms with van der Waals surface area (Å²) >= 11 is 0. The van der Waals surface area contributed by atoms with E-state index in [1.165, 1.54) is 9.13 Å². The van der Waals surface area contributed by atoms with Crippen molar-refractivity contribution in [2.75, 3.05) is 33.2 Å². The third-order valence-electron chi connectivity index (χ3n) is 5.60. The number of carbonyl (C=O) groups is 1. The number of benzene rings is 2. The Hall–Kier alpha value is -3.19. The van der Waals surface area contributed by atoms with Gasteiger partial charge in [-0.1, -0.05) is 24.3 Å². The standard InChI is InChI=1S/C22H24N4O3/c1-23-11-13-25(14-12-23)20(27)17-9-7-16(8-10-17)15-26-19-6-4-3-5-18(19)24(2)21(28)22(26)29/h3-10H,11-15H2,1-2H3. The Balaban J connectivity index is 1.61. The van der Waals surface area contributed by atoms with Crippen molar-refractivity contribution < 1.29 is 4.79 Å². The SMILES string of the molecule is CN1CCN(C(=O)c2ccc(Cn3c(=O)c(=O)n(C)c4ccccc43)cc2)CC1. The van der Waals surface area contributed by atoms with Crippen molar-refractivity contribution in [2.45, 2.75) is 6.54 Å². The third kappa shape index (κ3) is 3.61. The molecule has 0 spiro atoms. The van der Waals surface area contributed by atoms with E-state index < -0.39 is 11.1 Å². The fourth-order valence-corrected chi connectivity index (χ4v) is 3.74. The zero-order valence-electron chi connectivity index (χ0n) is 16.7. The Morgan fingerprint density at radius 3 is 2.10 bits per heavy atom. The smallest absolute Gasteiger partial charge is 0.317 e. The number of nitrogens with zero attached hydrogens (tertiary/aromatic N) is 4. The normalized spacial score (nSPS) is 15.0. The highest BCUT2D eigenvalue weighted by Crippen LogP contribution is 2.14. The summed E-state index contributed by atoms with van der Waals surface area (Å²) in [6.45, 7) is 3.49. The van der Waals surface area contributed by atoms with E-state index in [1.807, 2.05) is 41.3 Å². The molecule has 1 aliphatic rings. The maximum absolute atomic E-state index is 12.7. The van der Waals surface area contributed by atoms with Crippen LogP contribution in [0, 0.1) is 0 Å². The van der Waals surface area contributed by atoms with Crippen LogP contribution >= 0.6 is 0 Å². The molecule has 1 fully saturated rings. The number of amides is 1. The molecule has 0 N–H and O–H groups in total. The molecule has 4 rings (SSSR count). The number of hydrogen-bond acceptors (Lipinski definition) is 4. The lowest BCUT2D eigenvalue weighted by atomic mass is 10.1. The summed E-state index contributed by atoms with van der Waals surface area (Å²) in [6.07, 6.45) is 0. The maximum Gasteiger partial charge on any atom is 0.317 e. The molecule has 0 aliphatic carbocycles. The molecule has 1 amide bonds. The zero-order valence-corrected chi connectivity index (χ0v) is 16.7. The van der Waals surface area contributed by atoms with Crippen LogP contribution in [-0.4, -0.2) is 58.1 Å². The summed E-state index contributed by atoms with van der Waals surface area (Å²) in [7, 11) is 3.66. The molecule has 1 aromatic heterocycles. The van der Waals surface area contributed by atoms with Crippen LogP contribution in [0.25, 0.3) is 11.0 Å². The Morgan fingerprint density at radius 1 is 0.828 bits per heavy atom. The first kappa shape index (κ1) is 19.1. The molecule has 7 nitrogen and oxygen atoms in total. The summed E-state index contributed by atoms with van der Waals surface area (Å²) in [5.74, 6) is 0.0286. The first-order chi connectivity index (χ1) is 14.0. The fourth-order valence-electron chi connectivity index (χ4n) is 3.74. The van der Waals surface area contributed by atoms with E-state index in [2.05, 4.69) is 11.9 Å². The molecule has 0 atom stereocenters. The van der Waals surface area contributed by atoms with Gasteiger partial charge in [0.2, 0.25) is 0 Å². The molecule has 2 aromatic carbocycles. The van der Waals surface area contributed by atoms with Crippen molar-refractivity contribution in [3.05, 3.63) is 80.4 Å². The van der Waals surface area contributed by atoms with Gasteiger partial charge in [0.25, 0.3) is 5.91 Å². The summed E-state index contributed by atoms with van der Waals surface area (Å²) in [5, 5.41) is 0. The lowest BCUT2D eigenvalue weighted by molar-refractivity contribution is 0.0664. The highest BCUT2D eigenvalue weighted by atomic mass is 16.2. The van der Waals surface area contributed by atoms with E-state index in [1.54, 1.807) is 19.2 Å². The van der Waals surface area contributed by atoms with Crippen LogP contribution in [0.15, 0.2) is 58.1 Å². The van der Waals surface area contributed by atoms with Gasteiger partial charge in [-0.3, -0.25) is 19.0 Å². The van der Waals surface area contributed by atoms with Crippen LogP contribution < -0.4 is 11.1 Å². The maximum atomic E-state index is 12.7. The molecule has 1 aliphatic heterocycles. The number of fused-ring (bicyclic) bond motifs is 1. The highest BCUT2D eigenvalue weighted by Gasteiger charge is 2.20. The molecule has 0 radical (unpaired) electrons. The second kappa shape index (κ2) is 7.67. The van der Waals surface area contributed by atoms with E-state index in [0.29, 0.717) is 16.6 Å². The predicted molar refractivity (Wildman–Crippen MR) is 112 cm³/mol. The Morgan fingerprint density at radius 2 is 1.45 bits per heavy atom. The van der Waals surface area contributed by atoms with Gasteiger partial charge in [-0.25, -0.2) is 0 Å². The van der Waals surface area contributed by atoms with Crippen molar-refractivity contribution in [1.82, 2.24) is 18.9 Å². The van der Waals surface area contributed by atoms with Crippen molar-refractivity contribution in [3.63, 3.8) is 0 Å². The van der Waals surface area contributed by atoms with Crippen molar-refractivity contribution in [1.29, 1.82) is 0 Å². The molecule has 2 heterocycles. The van der Waals surface area contributed by atoms with Gasteiger partial charge in [-0.05, 0) is 36.9 Å². The van der Waals surface area contributed by atoms with Crippen LogP contribution in [-0.2, 0) is 13.6 Å². The third-order valence-corrected chi connectivity index (χ3v) is 5.60. The van der Waals surface area contributed by atoms with Gasteiger partial charge in [-0.15, -0.1) is 0 Å². The van der Waals surface area contributed by atoms with Crippen molar-refractivity contribution in [2.24, 2.45) is 7.05 Å². The number of likely N-dealkylation sites (N-methyl/N-ethyl adjacent to an activating group) is 1. The van der Waals surface area contributed by atoms with E-state index in [-0.39, 0.29) is 12.5 Å². The van der Waals surface area contributed by atoms with Gasteiger partial charge in [0, 0.05) is 38.8 Å². The van der Waals surface area contributed by atoms with Gasteiger partial charge in [0.15, 0.2) is 0 Å². The largest absolute Gasteiger partial charge is 0.336 e. The Bertz CT molecular complexity index is 1170. The van der Waals surface area contributed by atoms with Crippen LogP contribution in [0.4, 0.5) is 0 Å². The number of aryl methyl sites for hydroxylation is 1. The molecular formula is C22H24N4O3. The average Bonchev–Trinajstić information content (AvgIpc) is 2.75. The monoisotopic (exact) mass is 392 g/mol. The van der Waals surface area contributed by atoms with Crippen LogP contribution in [0.2, 0.25) is 0 Å². The number of hydrogen-bond donors (Lipinski definition) is 0. The van der Waals surface area contributed by atoms with Gasteiger partial charge < -0.3 is 14.4 Å². The second-order valence-corrected chi connectivity index (χ2v) is 7.54. The minimum Gasteiger partial charge on any atom is -0.336 e. The molecular weight excluding hydrogens is 368 g/mol. The lowest BCUT2D eigenvalue weighted by Crippen LogP contribution is -2.47. The number of piperazine rings is 1. The van der Waals surface area contributed by atoms with Crippen molar-refractivity contribution >= 4 is 16.9 Å². The molecule has 0 unspecified atom stereocenters. The number of carbonyl (C=O) groups excluding carboxylic acids is 1. The van der Waals surface area contributed by atoms with Crippen molar-refractivity contribution in [3.8, 4) is 0 Å². The first-order valence-electron chi connectivity index (χ1n) is 9.71. The quantitative estimate of drug-likeness (QED) is 0.627. The lowest BCUT2D eigenvalue weighted by Gasteiger charge is -2.32. The topological polar surface area (TPSA) is 67.5 Å². The molecule has 29 heavy (non-hydrogen) atoms. The number of para-hydroxylation sites is 2. The summed E-state index contributed by atoms with van der Waals surface area (Å²) in [6, 6.07) is 14.6. The molecule has 0 saturated carbocycles. The summed E-state index contributed by atoms with van der Waals surface area (Å²) in [4.78, 5) is 41.7. The van der Waals surface area contributed by atoms with Crippen LogP contribution in [0.5, 0.6) is 0 Å². The Labute approximate surface area is 168 Å². The molecule has 7 heteroatoms. The van der Waals surface area contributed by atoms with E-state index in [0.717, 1.165) is 31.7 Å². The average molecular weight is 392 g/mol. The molecule has 3 aromatic rings.